The van der Waals surface area contributed by atoms with Crippen LogP contribution in [-0.4, -0.2) is 10.2 Å². The van der Waals surface area contributed by atoms with Gasteiger partial charge in [-0.2, -0.15) is 0 Å². The van der Waals surface area contributed by atoms with Crippen molar-refractivity contribution in [3.8, 4) is 11.5 Å². The van der Waals surface area contributed by atoms with Gasteiger partial charge in [-0.15, -0.1) is 0 Å². The summed E-state index contributed by atoms with van der Waals surface area (Å²) in [7, 11) is 0. The van der Waals surface area contributed by atoms with E-state index < -0.39 is 0 Å². The molecule has 0 spiro atoms. The Hall–Kier alpha value is -1.18. The average molecular weight is 405 g/mol. The molecule has 0 saturated heterocycles. The number of phenolic OH excluding ortho intramolecular Hbond substituents is 2. The molecule has 0 aliphatic carbocycles. The van der Waals surface area contributed by atoms with Crippen molar-refractivity contribution in [3.05, 3.63) is 22.8 Å². The molecule has 0 aliphatic heterocycles. The number of hydrogen-bond acceptors (Lipinski definition) is 2. The molecule has 0 bridgehead atoms. The van der Waals surface area contributed by atoms with Crippen LogP contribution in [0.5, 0.6) is 11.5 Å². The Kier molecular flexibility index (Phi) is 14.8. The fourth-order valence-electron chi connectivity index (χ4n) is 4.28. The van der Waals surface area contributed by atoms with Crippen LogP contribution in [0, 0.1) is 0 Å². The molecule has 29 heavy (non-hydrogen) atoms. The molecule has 0 aliphatic rings. The predicted molar refractivity (Wildman–Crippen MR) is 127 cm³/mol. The smallest absolute Gasteiger partial charge is 0.122 e. The number of rotatable bonds is 18. The predicted octanol–water partition coefficient (Wildman–Crippen LogP) is 8.64. The number of hydrogen-bond donors (Lipinski definition) is 2. The second-order valence-electron chi connectivity index (χ2n) is 8.85. The maximum Gasteiger partial charge on any atom is 0.122 e. The molecule has 0 amide bonds. The Balaban J connectivity index is 2.80. The van der Waals surface area contributed by atoms with E-state index in [4.69, 9.17) is 0 Å². The fourth-order valence-corrected chi connectivity index (χ4v) is 4.28. The van der Waals surface area contributed by atoms with Gasteiger partial charge in [-0.1, -0.05) is 97.8 Å². The van der Waals surface area contributed by atoms with Gasteiger partial charge < -0.3 is 10.2 Å². The molecule has 1 aromatic rings. The molecule has 0 heterocycles. The summed E-state index contributed by atoms with van der Waals surface area (Å²) in [6.45, 7) is 6.71. The lowest BCUT2D eigenvalue weighted by Gasteiger charge is -2.17. The minimum Gasteiger partial charge on any atom is -0.508 e. The maximum absolute atomic E-state index is 11.0. The Morgan fingerprint density at radius 2 is 0.931 bits per heavy atom. The molecule has 0 saturated carbocycles. The van der Waals surface area contributed by atoms with E-state index >= 15 is 0 Å². The van der Waals surface area contributed by atoms with Gasteiger partial charge in [-0.3, -0.25) is 0 Å². The van der Waals surface area contributed by atoms with Crippen molar-refractivity contribution in [2.45, 2.75) is 136 Å². The van der Waals surface area contributed by atoms with Gasteiger partial charge in [0, 0.05) is 11.1 Å². The van der Waals surface area contributed by atoms with Crippen molar-refractivity contribution >= 4 is 0 Å². The molecular formula is C27H48O2. The minimum atomic E-state index is 0.422. The molecule has 168 valence electrons. The first-order valence-electron chi connectivity index (χ1n) is 12.7. The summed E-state index contributed by atoms with van der Waals surface area (Å²) in [6.07, 6.45) is 21.0. The number of aromatic hydroxyl groups is 2. The van der Waals surface area contributed by atoms with Crippen LogP contribution in [0.3, 0.4) is 0 Å². The van der Waals surface area contributed by atoms with Crippen molar-refractivity contribution in [1.29, 1.82) is 0 Å². The van der Waals surface area contributed by atoms with E-state index in [-0.39, 0.29) is 0 Å². The van der Waals surface area contributed by atoms with E-state index in [1.165, 1.54) is 77.0 Å². The van der Waals surface area contributed by atoms with Crippen LogP contribution >= 0.6 is 0 Å². The normalized spacial score (nSPS) is 11.3. The van der Waals surface area contributed by atoms with Crippen LogP contribution < -0.4 is 0 Å². The molecule has 2 heteroatoms. The van der Waals surface area contributed by atoms with E-state index in [1.54, 1.807) is 0 Å². The van der Waals surface area contributed by atoms with Crippen molar-refractivity contribution in [2.75, 3.05) is 0 Å². The third-order valence-electron chi connectivity index (χ3n) is 6.18. The standard InChI is InChI=1S/C27H48O2/c1-4-7-10-13-16-19-23-22-26(28)24(20-17-14-11-8-5-2)25(27(23)29)21-18-15-12-9-6-3/h22,28-29H,4-21H2,1-3H3. The highest BCUT2D eigenvalue weighted by molar-refractivity contribution is 5.53. The van der Waals surface area contributed by atoms with Crippen molar-refractivity contribution in [1.82, 2.24) is 0 Å². The number of benzene rings is 1. The van der Waals surface area contributed by atoms with Gasteiger partial charge >= 0.3 is 0 Å². The second kappa shape index (κ2) is 16.6. The molecule has 0 atom stereocenters. The average Bonchev–Trinajstić information content (AvgIpc) is 2.71. The van der Waals surface area contributed by atoms with Gasteiger partial charge in [0.1, 0.15) is 11.5 Å². The van der Waals surface area contributed by atoms with Crippen molar-refractivity contribution in [3.63, 3.8) is 0 Å². The highest BCUT2D eigenvalue weighted by Gasteiger charge is 2.17. The number of unbranched alkanes of at least 4 members (excludes halogenated alkanes) is 12. The Morgan fingerprint density at radius 1 is 0.517 bits per heavy atom. The van der Waals surface area contributed by atoms with Crippen LogP contribution in [0.4, 0.5) is 0 Å². The van der Waals surface area contributed by atoms with E-state index in [0.29, 0.717) is 11.5 Å². The summed E-state index contributed by atoms with van der Waals surface area (Å²) >= 11 is 0. The van der Waals surface area contributed by atoms with Gasteiger partial charge in [0.2, 0.25) is 0 Å². The molecule has 2 nitrogen and oxygen atoms in total. The SMILES string of the molecule is CCCCCCCc1cc(O)c(CCCCCCC)c(CCCCCCC)c1O. The minimum absolute atomic E-state index is 0.422. The summed E-state index contributed by atoms with van der Waals surface area (Å²) in [5.41, 5.74) is 3.02. The molecule has 0 aromatic heterocycles. The van der Waals surface area contributed by atoms with Crippen LogP contribution in [0.25, 0.3) is 0 Å². The maximum atomic E-state index is 11.0. The van der Waals surface area contributed by atoms with Crippen LogP contribution in [0.1, 0.15) is 134 Å². The Morgan fingerprint density at radius 3 is 1.41 bits per heavy atom. The lowest BCUT2D eigenvalue weighted by atomic mass is 9.91. The summed E-state index contributed by atoms with van der Waals surface area (Å²) in [5.74, 6) is 0.905. The van der Waals surface area contributed by atoms with E-state index in [0.717, 1.165) is 55.2 Å². The third-order valence-corrected chi connectivity index (χ3v) is 6.18. The van der Waals surface area contributed by atoms with E-state index in [2.05, 4.69) is 20.8 Å². The van der Waals surface area contributed by atoms with Crippen LogP contribution in [-0.2, 0) is 19.3 Å². The van der Waals surface area contributed by atoms with Gasteiger partial charge in [0.25, 0.3) is 0 Å². The fraction of sp³-hybridized carbons (Fsp3) is 0.778. The number of phenols is 2. The zero-order chi connectivity index (χ0) is 21.3. The van der Waals surface area contributed by atoms with Crippen LogP contribution in [0.2, 0.25) is 0 Å². The molecule has 1 rings (SSSR count). The monoisotopic (exact) mass is 404 g/mol. The zero-order valence-electron chi connectivity index (χ0n) is 19.7. The van der Waals surface area contributed by atoms with Gasteiger partial charge in [0.05, 0.1) is 0 Å². The van der Waals surface area contributed by atoms with Gasteiger partial charge in [-0.05, 0) is 50.2 Å². The van der Waals surface area contributed by atoms with Gasteiger partial charge in [-0.25, -0.2) is 0 Å². The summed E-state index contributed by atoms with van der Waals surface area (Å²) in [6, 6.07) is 1.86. The third kappa shape index (κ3) is 10.4. The first kappa shape index (κ1) is 25.9. The summed E-state index contributed by atoms with van der Waals surface area (Å²) < 4.78 is 0. The zero-order valence-corrected chi connectivity index (χ0v) is 19.7. The molecule has 2 N–H and O–H groups in total. The molecule has 1 aromatic carbocycles. The lowest BCUT2D eigenvalue weighted by Crippen LogP contribution is -2.01. The molecule has 0 fully saturated rings. The van der Waals surface area contributed by atoms with Crippen molar-refractivity contribution in [2.24, 2.45) is 0 Å². The number of aryl methyl sites for hydroxylation is 1. The first-order valence-corrected chi connectivity index (χ1v) is 12.7. The summed E-state index contributed by atoms with van der Waals surface area (Å²) in [4.78, 5) is 0. The van der Waals surface area contributed by atoms with Crippen molar-refractivity contribution < 1.29 is 10.2 Å². The largest absolute Gasteiger partial charge is 0.508 e. The molecule has 0 unspecified atom stereocenters. The highest BCUT2D eigenvalue weighted by atomic mass is 16.3. The Bertz CT molecular complexity index is 536. The Labute approximate surface area is 181 Å². The second-order valence-corrected chi connectivity index (χ2v) is 8.85. The topological polar surface area (TPSA) is 40.5 Å². The van der Waals surface area contributed by atoms with Crippen LogP contribution in [0.15, 0.2) is 6.07 Å². The molecular weight excluding hydrogens is 356 g/mol. The van der Waals surface area contributed by atoms with E-state index in [1.807, 2.05) is 6.07 Å². The quantitative estimate of drug-likeness (QED) is 0.190. The first-order chi connectivity index (χ1) is 14.2. The lowest BCUT2D eigenvalue weighted by molar-refractivity contribution is 0.437. The summed E-state index contributed by atoms with van der Waals surface area (Å²) in [5, 5.41) is 21.8. The van der Waals surface area contributed by atoms with Gasteiger partial charge in [0.15, 0.2) is 0 Å². The molecule has 0 radical (unpaired) electrons. The van der Waals surface area contributed by atoms with E-state index in [9.17, 15) is 10.2 Å². The highest BCUT2D eigenvalue weighted by Crippen LogP contribution is 2.36.